The van der Waals surface area contributed by atoms with Gasteiger partial charge in [0.05, 0.1) is 19.2 Å². The average molecular weight is 435 g/mol. The van der Waals surface area contributed by atoms with E-state index >= 15 is 0 Å². The minimum atomic E-state index is -0.324. The van der Waals surface area contributed by atoms with Gasteiger partial charge >= 0.3 is 0 Å². The van der Waals surface area contributed by atoms with E-state index in [0.29, 0.717) is 18.0 Å². The average Bonchev–Trinajstić information content (AvgIpc) is 3.34. The van der Waals surface area contributed by atoms with Crippen LogP contribution in [0.25, 0.3) is 0 Å². The van der Waals surface area contributed by atoms with E-state index in [9.17, 15) is 14.0 Å². The van der Waals surface area contributed by atoms with Crippen molar-refractivity contribution in [3.63, 3.8) is 0 Å². The second-order valence-corrected chi connectivity index (χ2v) is 8.40. The number of rotatable bonds is 6. The predicted octanol–water partition coefficient (Wildman–Crippen LogP) is 5.07. The number of amides is 2. The van der Waals surface area contributed by atoms with Crippen LogP contribution in [0.1, 0.15) is 41.4 Å². The fraction of sp³-hybridized carbons (Fsp3) is 0.308. The molecule has 0 spiro atoms. The summed E-state index contributed by atoms with van der Waals surface area (Å²) in [6.07, 6.45) is 3.91. The SMILES string of the molecule is CC1CCN(C(=O)Cc2ccc(N(Cc3ccc(F)cc3)C(=O)c3ccco3)cc2)CC1. The van der Waals surface area contributed by atoms with Gasteiger partial charge in [-0.15, -0.1) is 0 Å². The molecule has 32 heavy (non-hydrogen) atoms. The van der Waals surface area contributed by atoms with Crippen molar-refractivity contribution in [2.75, 3.05) is 18.0 Å². The number of halogens is 1. The van der Waals surface area contributed by atoms with E-state index in [1.54, 1.807) is 29.2 Å². The van der Waals surface area contributed by atoms with Gasteiger partial charge in [-0.05, 0) is 66.3 Å². The first-order chi connectivity index (χ1) is 15.5. The topological polar surface area (TPSA) is 53.8 Å². The Morgan fingerprint density at radius 1 is 1.00 bits per heavy atom. The van der Waals surface area contributed by atoms with E-state index in [2.05, 4.69) is 6.92 Å². The molecular formula is C26H27FN2O3. The number of hydrogen-bond donors (Lipinski definition) is 0. The minimum absolute atomic E-state index is 0.138. The van der Waals surface area contributed by atoms with Crippen molar-refractivity contribution in [3.05, 3.63) is 89.6 Å². The molecule has 4 rings (SSSR count). The van der Waals surface area contributed by atoms with Crippen LogP contribution >= 0.6 is 0 Å². The Morgan fingerprint density at radius 3 is 2.28 bits per heavy atom. The second-order valence-electron chi connectivity index (χ2n) is 8.40. The third-order valence-corrected chi connectivity index (χ3v) is 5.97. The predicted molar refractivity (Wildman–Crippen MR) is 121 cm³/mol. The van der Waals surface area contributed by atoms with Gasteiger partial charge in [0.2, 0.25) is 5.91 Å². The summed E-state index contributed by atoms with van der Waals surface area (Å²) >= 11 is 0. The Morgan fingerprint density at radius 2 is 1.66 bits per heavy atom. The number of hydrogen-bond acceptors (Lipinski definition) is 3. The van der Waals surface area contributed by atoms with Gasteiger partial charge in [0.25, 0.3) is 5.91 Å². The van der Waals surface area contributed by atoms with Crippen LogP contribution in [0.4, 0.5) is 10.1 Å². The Kier molecular flexibility index (Phi) is 6.69. The minimum Gasteiger partial charge on any atom is -0.459 e. The van der Waals surface area contributed by atoms with Crippen molar-refractivity contribution in [1.29, 1.82) is 0 Å². The molecule has 1 aromatic heterocycles. The Balaban J connectivity index is 1.50. The van der Waals surface area contributed by atoms with Crippen LogP contribution in [0.3, 0.4) is 0 Å². The van der Waals surface area contributed by atoms with E-state index in [1.165, 1.54) is 18.4 Å². The highest BCUT2D eigenvalue weighted by Crippen LogP contribution is 2.23. The molecule has 0 radical (unpaired) electrons. The van der Waals surface area contributed by atoms with Crippen LogP contribution in [0, 0.1) is 11.7 Å². The van der Waals surface area contributed by atoms with Crippen LogP contribution in [-0.4, -0.2) is 29.8 Å². The maximum absolute atomic E-state index is 13.3. The van der Waals surface area contributed by atoms with Gasteiger partial charge in [0.1, 0.15) is 5.82 Å². The second kappa shape index (κ2) is 9.81. The van der Waals surface area contributed by atoms with Gasteiger partial charge in [-0.2, -0.15) is 0 Å². The molecule has 2 heterocycles. The number of likely N-dealkylation sites (tertiary alicyclic amines) is 1. The summed E-state index contributed by atoms with van der Waals surface area (Å²) in [5.41, 5.74) is 2.38. The smallest absolute Gasteiger partial charge is 0.294 e. The highest BCUT2D eigenvalue weighted by atomic mass is 19.1. The summed E-state index contributed by atoms with van der Waals surface area (Å²) in [6.45, 7) is 4.13. The summed E-state index contributed by atoms with van der Waals surface area (Å²) in [5.74, 6) is 0.433. The van der Waals surface area contributed by atoms with Gasteiger partial charge in [-0.3, -0.25) is 9.59 Å². The number of furan rings is 1. The first-order valence-electron chi connectivity index (χ1n) is 11.0. The Labute approximate surface area is 187 Å². The van der Waals surface area contributed by atoms with Crippen LogP contribution in [-0.2, 0) is 17.8 Å². The molecule has 1 saturated heterocycles. The first-order valence-corrected chi connectivity index (χ1v) is 11.0. The number of anilines is 1. The molecule has 3 aromatic rings. The van der Waals surface area contributed by atoms with Gasteiger partial charge in [-0.25, -0.2) is 4.39 Å². The van der Waals surface area contributed by atoms with Crippen LogP contribution in [0.15, 0.2) is 71.3 Å². The van der Waals surface area contributed by atoms with Crippen molar-refractivity contribution < 1.29 is 18.4 Å². The lowest BCUT2D eigenvalue weighted by Crippen LogP contribution is -2.38. The lowest BCUT2D eigenvalue weighted by molar-refractivity contribution is -0.131. The molecule has 166 valence electrons. The molecule has 5 nitrogen and oxygen atoms in total. The molecule has 0 atom stereocenters. The van der Waals surface area contributed by atoms with Crippen LogP contribution < -0.4 is 4.90 Å². The third kappa shape index (κ3) is 5.25. The molecule has 1 aliphatic rings. The number of benzene rings is 2. The van der Waals surface area contributed by atoms with E-state index in [1.807, 2.05) is 29.2 Å². The maximum Gasteiger partial charge on any atom is 0.294 e. The number of carbonyl (C=O) groups excluding carboxylic acids is 2. The monoisotopic (exact) mass is 434 g/mol. The standard InChI is InChI=1S/C26H27FN2O3/c1-19-12-14-28(15-13-19)25(30)17-20-6-10-23(11-7-20)29(26(31)24-3-2-16-32-24)18-21-4-8-22(27)9-5-21/h2-11,16,19H,12-15,17-18H2,1H3. The van der Waals surface area contributed by atoms with Crippen LogP contribution in [0.5, 0.6) is 0 Å². The molecule has 0 N–H and O–H groups in total. The summed E-state index contributed by atoms with van der Waals surface area (Å²) in [7, 11) is 0. The summed E-state index contributed by atoms with van der Waals surface area (Å²) in [4.78, 5) is 29.2. The fourth-order valence-corrected chi connectivity index (χ4v) is 3.92. The molecule has 2 amide bonds. The molecular weight excluding hydrogens is 407 g/mol. The van der Waals surface area contributed by atoms with Gasteiger partial charge < -0.3 is 14.2 Å². The first kappa shape index (κ1) is 21.8. The zero-order valence-electron chi connectivity index (χ0n) is 18.2. The highest BCUT2D eigenvalue weighted by Gasteiger charge is 2.22. The van der Waals surface area contributed by atoms with Crippen molar-refractivity contribution in [1.82, 2.24) is 4.90 Å². The molecule has 6 heteroatoms. The number of piperidine rings is 1. The van der Waals surface area contributed by atoms with Crippen molar-refractivity contribution in [2.24, 2.45) is 5.92 Å². The van der Waals surface area contributed by atoms with E-state index < -0.39 is 0 Å². The van der Waals surface area contributed by atoms with Gasteiger partial charge in [0.15, 0.2) is 5.76 Å². The fourth-order valence-electron chi connectivity index (χ4n) is 3.92. The quantitative estimate of drug-likeness (QED) is 0.545. The van der Waals surface area contributed by atoms with E-state index in [0.717, 1.165) is 37.1 Å². The third-order valence-electron chi connectivity index (χ3n) is 5.97. The summed E-state index contributed by atoms with van der Waals surface area (Å²) in [5, 5.41) is 0. The summed E-state index contributed by atoms with van der Waals surface area (Å²) < 4.78 is 18.6. The van der Waals surface area contributed by atoms with Gasteiger partial charge in [0, 0.05) is 18.8 Å². The zero-order chi connectivity index (χ0) is 22.5. The highest BCUT2D eigenvalue weighted by molar-refractivity contribution is 6.04. The molecule has 2 aromatic carbocycles. The molecule has 0 unspecified atom stereocenters. The van der Waals surface area contributed by atoms with Crippen molar-refractivity contribution in [2.45, 2.75) is 32.7 Å². The van der Waals surface area contributed by atoms with E-state index in [-0.39, 0.29) is 29.9 Å². The van der Waals surface area contributed by atoms with Crippen LogP contribution in [0.2, 0.25) is 0 Å². The summed E-state index contributed by atoms with van der Waals surface area (Å²) in [6, 6.07) is 16.8. The molecule has 0 saturated carbocycles. The number of nitrogens with zero attached hydrogens (tertiary/aromatic N) is 2. The largest absolute Gasteiger partial charge is 0.459 e. The maximum atomic E-state index is 13.3. The normalized spacial score (nSPS) is 14.4. The van der Waals surface area contributed by atoms with Gasteiger partial charge in [-0.1, -0.05) is 31.2 Å². The van der Waals surface area contributed by atoms with Crippen molar-refractivity contribution in [3.8, 4) is 0 Å². The Bertz CT molecular complexity index is 1040. The van der Waals surface area contributed by atoms with Crippen molar-refractivity contribution >= 4 is 17.5 Å². The molecule has 0 bridgehead atoms. The molecule has 1 aliphatic heterocycles. The zero-order valence-corrected chi connectivity index (χ0v) is 18.2. The molecule has 1 fully saturated rings. The Hall–Kier alpha value is -3.41. The lowest BCUT2D eigenvalue weighted by Gasteiger charge is -2.30. The lowest BCUT2D eigenvalue weighted by atomic mass is 9.98. The van der Waals surface area contributed by atoms with E-state index in [4.69, 9.17) is 4.42 Å². The number of carbonyl (C=O) groups is 2. The molecule has 0 aliphatic carbocycles.